The summed E-state index contributed by atoms with van der Waals surface area (Å²) in [6, 6.07) is 0. The van der Waals surface area contributed by atoms with E-state index in [9.17, 15) is 19.2 Å². The standard InChI is InChI=1S/C37H58N2O5/c1-32(2,3)44-31(43)39-20-10-19-38-30(42)35(7)18-17-34(6)14-11-24-23(25(34)22-35)21-26(40)29-36(24,8)15-12-27-33(4,5)28(41)13-16-37(27,29)9/h21,24-25,27,29H,10-20,22H2,1-9H3,(H,38,42)(H,39,43)/t24?,25?,27-,29-,34-,35-,36-,37-/m0/s1. The van der Waals surface area contributed by atoms with Crippen LogP contribution in [0.1, 0.15) is 127 Å². The van der Waals surface area contributed by atoms with Gasteiger partial charge in [-0.2, -0.15) is 0 Å². The van der Waals surface area contributed by atoms with E-state index in [0.717, 1.165) is 51.4 Å². The third kappa shape index (κ3) is 5.46. The van der Waals surface area contributed by atoms with E-state index in [0.29, 0.717) is 37.6 Å². The lowest BCUT2D eigenvalue weighted by Gasteiger charge is -2.66. The summed E-state index contributed by atoms with van der Waals surface area (Å²) >= 11 is 0. The molecule has 4 saturated carbocycles. The van der Waals surface area contributed by atoms with Gasteiger partial charge in [0, 0.05) is 36.3 Å². The Bertz CT molecular complexity index is 1250. The summed E-state index contributed by atoms with van der Waals surface area (Å²) in [6.07, 6.45) is 10.4. The number of carbonyl (C=O) groups excluding carboxylic acids is 4. The van der Waals surface area contributed by atoms with Crippen molar-refractivity contribution in [1.82, 2.24) is 10.6 Å². The Kier molecular flexibility index (Phi) is 8.27. The van der Waals surface area contributed by atoms with E-state index in [2.05, 4.69) is 52.2 Å². The van der Waals surface area contributed by atoms with Crippen molar-refractivity contribution in [3.8, 4) is 0 Å². The molecule has 0 heterocycles. The number of ether oxygens (including phenoxy) is 1. The predicted octanol–water partition coefficient (Wildman–Crippen LogP) is 7.18. The molecule has 44 heavy (non-hydrogen) atoms. The fraction of sp³-hybridized carbons (Fsp3) is 0.838. The summed E-state index contributed by atoms with van der Waals surface area (Å²) in [5, 5.41) is 5.92. The van der Waals surface area contributed by atoms with Crippen LogP contribution in [-0.2, 0) is 19.1 Å². The van der Waals surface area contributed by atoms with Crippen LogP contribution >= 0.6 is 0 Å². The zero-order chi connectivity index (χ0) is 32.5. The van der Waals surface area contributed by atoms with Crippen LogP contribution in [0.4, 0.5) is 4.79 Å². The van der Waals surface area contributed by atoms with E-state index in [1.807, 2.05) is 26.8 Å². The molecule has 0 aliphatic heterocycles. The quantitative estimate of drug-likeness (QED) is 0.321. The number of rotatable bonds is 5. The first-order valence-electron chi connectivity index (χ1n) is 17.3. The van der Waals surface area contributed by atoms with Crippen LogP contribution in [0.5, 0.6) is 0 Å². The summed E-state index contributed by atoms with van der Waals surface area (Å²) in [7, 11) is 0. The SMILES string of the molecule is CC(C)(C)OC(=O)NCCCNC(=O)[C@@]1(C)CC[C@]2(C)CCC3C(=CC(=O)[C@@H]4[C@@]5(C)CCC(=O)C(C)(C)[C@@H]5CC[C@@]34C)C2C1. The van der Waals surface area contributed by atoms with E-state index in [1.165, 1.54) is 5.57 Å². The minimum atomic E-state index is -0.540. The lowest BCUT2D eigenvalue weighted by molar-refractivity contribution is -0.175. The molecule has 5 aliphatic carbocycles. The van der Waals surface area contributed by atoms with E-state index < -0.39 is 17.1 Å². The number of hydrogen-bond donors (Lipinski definition) is 2. The zero-order valence-corrected chi connectivity index (χ0v) is 28.9. The van der Waals surface area contributed by atoms with Crippen molar-refractivity contribution in [3.05, 3.63) is 11.6 Å². The second kappa shape index (κ2) is 11.0. The fourth-order valence-electron chi connectivity index (χ4n) is 10.9. The van der Waals surface area contributed by atoms with Crippen LogP contribution in [0.25, 0.3) is 0 Å². The fourth-order valence-corrected chi connectivity index (χ4v) is 10.9. The number of allylic oxidation sites excluding steroid dienone is 2. The third-order valence-corrected chi connectivity index (χ3v) is 13.4. The van der Waals surface area contributed by atoms with E-state index in [-0.39, 0.29) is 51.1 Å². The van der Waals surface area contributed by atoms with Crippen LogP contribution in [0.2, 0.25) is 0 Å². The van der Waals surface area contributed by atoms with Crippen molar-refractivity contribution in [2.24, 2.45) is 50.7 Å². The van der Waals surface area contributed by atoms with Crippen molar-refractivity contribution < 1.29 is 23.9 Å². The molecule has 0 saturated heterocycles. The highest BCUT2D eigenvalue weighted by Crippen LogP contribution is 2.71. The Morgan fingerprint density at radius 1 is 0.864 bits per heavy atom. The Hall–Kier alpha value is -2.18. The van der Waals surface area contributed by atoms with Gasteiger partial charge in [-0.3, -0.25) is 14.4 Å². The molecule has 0 radical (unpaired) electrons. The summed E-state index contributed by atoms with van der Waals surface area (Å²) in [5.41, 5.74) is -0.274. The maximum atomic E-state index is 14.4. The van der Waals surface area contributed by atoms with Crippen molar-refractivity contribution in [1.29, 1.82) is 0 Å². The van der Waals surface area contributed by atoms with Gasteiger partial charge in [-0.1, -0.05) is 47.1 Å². The number of amides is 2. The van der Waals surface area contributed by atoms with Crippen LogP contribution in [0.3, 0.4) is 0 Å². The van der Waals surface area contributed by atoms with Gasteiger partial charge in [0.25, 0.3) is 0 Å². The van der Waals surface area contributed by atoms with Crippen LogP contribution in [0.15, 0.2) is 11.6 Å². The number of alkyl carbamates (subject to hydrolysis) is 1. The lowest BCUT2D eigenvalue weighted by atomic mass is 9.37. The molecular weight excluding hydrogens is 552 g/mol. The molecular formula is C37H58N2O5. The van der Waals surface area contributed by atoms with E-state index in [4.69, 9.17) is 4.74 Å². The molecule has 4 fully saturated rings. The highest BCUT2D eigenvalue weighted by atomic mass is 16.6. The van der Waals surface area contributed by atoms with Crippen LogP contribution < -0.4 is 10.6 Å². The molecule has 0 spiro atoms. The molecule has 2 amide bonds. The van der Waals surface area contributed by atoms with Gasteiger partial charge < -0.3 is 15.4 Å². The van der Waals surface area contributed by atoms with Crippen molar-refractivity contribution in [3.63, 3.8) is 0 Å². The average molecular weight is 611 g/mol. The van der Waals surface area contributed by atoms with Crippen molar-refractivity contribution in [2.75, 3.05) is 13.1 Å². The highest BCUT2D eigenvalue weighted by molar-refractivity contribution is 5.96. The van der Waals surface area contributed by atoms with Crippen LogP contribution in [0, 0.1) is 50.7 Å². The first-order valence-corrected chi connectivity index (χ1v) is 17.3. The average Bonchev–Trinajstić information content (AvgIpc) is 2.90. The molecule has 2 N–H and O–H groups in total. The first kappa shape index (κ1) is 33.2. The minimum absolute atomic E-state index is 0.0493. The number of Topliss-reactive ketones (excluding diaryl/α,β-unsaturated/α-hetero) is 1. The molecule has 0 bridgehead atoms. The molecule has 8 atom stereocenters. The number of hydrogen-bond acceptors (Lipinski definition) is 5. The number of fused-ring (bicyclic) bond motifs is 7. The summed E-state index contributed by atoms with van der Waals surface area (Å²) in [4.78, 5) is 52.9. The maximum absolute atomic E-state index is 14.4. The molecule has 5 aliphatic rings. The maximum Gasteiger partial charge on any atom is 0.407 e. The third-order valence-electron chi connectivity index (χ3n) is 13.4. The van der Waals surface area contributed by atoms with E-state index in [1.54, 1.807) is 0 Å². The van der Waals surface area contributed by atoms with Gasteiger partial charge in [0.2, 0.25) is 5.91 Å². The molecule has 0 aromatic heterocycles. The summed E-state index contributed by atoms with van der Waals surface area (Å²) in [6.45, 7) is 19.9. The second-order valence-electron chi connectivity index (χ2n) is 17.8. The molecule has 7 heteroatoms. The minimum Gasteiger partial charge on any atom is -0.444 e. The molecule has 2 unspecified atom stereocenters. The predicted molar refractivity (Wildman–Crippen MR) is 172 cm³/mol. The normalized spacial score (nSPS) is 41.2. The smallest absolute Gasteiger partial charge is 0.407 e. The lowest BCUT2D eigenvalue weighted by Crippen LogP contribution is -2.63. The summed E-state index contributed by atoms with van der Waals surface area (Å²) < 4.78 is 5.29. The van der Waals surface area contributed by atoms with Gasteiger partial charge in [-0.05, 0) is 119 Å². The Morgan fingerprint density at radius 3 is 2.23 bits per heavy atom. The molecule has 246 valence electrons. The molecule has 5 rings (SSSR count). The highest BCUT2D eigenvalue weighted by Gasteiger charge is 2.67. The Morgan fingerprint density at radius 2 is 1.55 bits per heavy atom. The molecule has 7 nitrogen and oxygen atoms in total. The number of ketones is 2. The van der Waals surface area contributed by atoms with Gasteiger partial charge in [-0.15, -0.1) is 0 Å². The number of nitrogens with one attached hydrogen (secondary N) is 2. The van der Waals surface area contributed by atoms with Crippen molar-refractivity contribution in [2.45, 2.75) is 132 Å². The topological polar surface area (TPSA) is 102 Å². The van der Waals surface area contributed by atoms with Gasteiger partial charge in [0.05, 0.1) is 0 Å². The molecule has 0 aromatic carbocycles. The molecule has 0 aromatic rings. The first-order chi connectivity index (χ1) is 20.3. The second-order valence-corrected chi connectivity index (χ2v) is 17.8. The largest absolute Gasteiger partial charge is 0.444 e. The van der Waals surface area contributed by atoms with Crippen molar-refractivity contribution >= 4 is 23.6 Å². The van der Waals surface area contributed by atoms with Gasteiger partial charge in [0.1, 0.15) is 11.4 Å². The van der Waals surface area contributed by atoms with Crippen LogP contribution in [-0.4, -0.2) is 42.3 Å². The van der Waals surface area contributed by atoms with Gasteiger partial charge in [-0.25, -0.2) is 4.79 Å². The van der Waals surface area contributed by atoms with Gasteiger partial charge in [0.15, 0.2) is 5.78 Å². The zero-order valence-electron chi connectivity index (χ0n) is 28.9. The Balaban J connectivity index is 1.31. The Labute approximate surface area is 265 Å². The number of carbonyl (C=O) groups is 4. The summed E-state index contributed by atoms with van der Waals surface area (Å²) in [5.74, 6) is 1.47. The van der Waals surface area contributed by atoms with E-state index >= 15 is 0 Å². The monoisotopic (exact) mass is 610 g/mol. The van der Waals surface area contributed by atoms with Gasteiger partial charge >= 0.3 is 6.09 Å².